The topological polar surface area (TPSA) is 48.4 Å². The van der Waals surface area contributed by atoms with Gasteiger partial charge in [-0.05, 0) is 30.3 Å². The van der Waals surface area contributed by atoms with Gasteiger partial charge in [0.25, 0.3) is 0 Å². The van der Waals surface area contributed by atoms with Crippen LogP contribution in [-0.2, 0) is 4.74 Å². The highest BCUT2D eigenvalue weighted by molar-refractivity contribution is 6.12. The molecule has 1 aliphatic rings. The number of ketones is 1. The number of carbonyl (C=O) groups excluding carboxylic acids is 1. The van der Waals surface area contributed by atoms with Crippen LogP contribution in [0.25, 0.3) is 22.2 Å². The summed E-state index contributed by atoms with van der Waals surface area (Å²) in [7, 11) is 1.49. The van der Waals surface area contributed by atoms with Crippen LogP contribution < -0.4 is 4.74 Å². The van der Waals surface area contributed by atoms with Gasteiger partial charge in [0.1, 0.15) is 5.75 Å². The van der Waals surface area contributed by atoms with Crippen LogP contribution in [0, 0.1) is 0 Å². The maximum absolute atomic E-state index is 12.5. The van der Waals surface area contributed by atoms with Gasteiger partial charge in [-0.25, -0.2) is 4.98 Å². The van der Waals surface area contributed by atoms with Crippen molar-refractivity contribution < 1.29 is 14.3 Å². The Morgan fingerprint density at radius 2 is 1.96 bits per heavy atom. The van der Waals surface area contributed by atoms with Crippen LogP contribution in [0.1, 0.15) is 10.4 Å². The minimum absolute atomic E-state index is 0.161. The average molecular weight is 317 g/mol. The zero-order chi connectivity index (χ0) is 16.7. The van der Waals surface area contributed by atoms with Gasteiger partial charge in [-0.1, -0.05) is 30.8 Å². The summed E-state index contributed by atoms with van der Waals surface area (Å²) in [5.74, 6) is 0.342. The summed E-state index contributed by atoms with van der Waals surface area (Å²) in [4.78, 5) is 17.2. The maximum atomic E-state index is 12.5. The summed E-state index contributed by atoms with van der Waals surface area (Å²) >= 11 is 0. The third kappa shape index (κ3) is 2.28. The van der Waals surface area contributed by atoms with Crippen LogP contribution in [0.3, 0.4) is 0 Å². The van der Waals surface area contributed by atoms with Crippen molar-refractivity contribution >= 4 is 16.7 Å². The molecular weight excluding hydrogens is 302 g/mol. The molecule has 2 heterocycles. The summed E-state index contributed by atoms with van der Waals surface area (Å²) < 4.78 is 10.8. The summed E-state index contributed by atoms with van der Waals surface area (Å²) in [5, 5.41) is 1.08. The Morgan fingerprint density at radius 1 is 1.12 bits per heavy atom. The lowest BCUT2D eigenvalue weighted by Gasteiger charge is -2.25. The van der Waals surface area contributed by atoms with E-state index in [2.05, 4.69) is 11.6 Å². The molecule has 0 saturated carbocycles. The first-order valence-electron chi connectivity index (χ1n) is 7.60. The Hall–Kier alpha value is -2.98. The lowest BCUT2D eigenvalue weighted by molar-refractivity contribution is -0.0279. The van der Waals surface area contributed by atoms with E-state index in [4.69, 9.17) is 9.47 Å². The zero-order valence-corrected chi connectivity index (χ0v) is 13.2. The van der Waals surface area contributed by atoms with E-state index in [1.165, 1.54) is 7.11 Å². The van der Waals surface area contributed by atoms with E-state index in [0.717, 1.165) is 22.2 Å². The molecule has 4 rings (SSSR count). The van der Waals surface area contributed by atoms with Crippen molar-refractivity contribution in [2.24, 2.45) is 0 Å². The summed E-state index contributed by atoms with van der Waals surface area (Å²) in [6, 6.07) is 17.4. The third-order valence-corrected chi connectivity index (χ3v) is 4.14. The Labute approximate surface area is 139 Å². The number of fused-ring (bicyclic) bond motifs is 2. The highest BCUT2D eigenvalue weighted by Gasteiger charge is 2.30. The fourth-order valence-electron chi connectivity index (χ4n) is 2.85. The van der Waals surface area contributed by atoms with Gasteiger partial charge in [-0.2, -0.15) is 0 Å². The van der Waals surface area contributed by atoms with Crippen molar-refractivity contribution in [2.45, 2.75) is 6.29 Å². The number of hydrogen-bond donors (Lipinski definition) is 0. The number of pyridine rings is 1. The first-order valence-corrected chi connectivity index (χ1v) is 7.60. The predicted octanol–water partition coefficient (Wildman–Crippen LogP) is 4.01. The molecule has 4 nitrogen and oxygen atoms in total. The molecular formula is C20H15NO3. The second-order valence-electron chi connectivity index (χ2n) is 5.64. The smallest absolute Gasteiger partial charge is 0.229 e. The minimum atomic E-state index is -0.727. The van der Waals surface area contributed by atoms with Crippen LogP contribution >= 0.6 is 0 Å². The van der Waals surface area contributed by atoms with Gasteiger partial charge in [-0.3, -0.25) is 4.79 Å². The Morgan fingerprint density at radius 3 is 2.79 bits per heavy atom. The van der Waals surface area contributed by atoms with Gasteiger partial charge in [0.15, 0.2) is 5.78 Å². The molecule has 0 radical (unpaired) electrons. The van der Waals surface area contributed by atoms with Crippen molar-refractivity contribution in [2.75, 3.05) is 7.11 Å². The Balaban J connectivity index is 1.80. The van der Waals surface area contributed by atoms with Gasteiger partial charge in [0.2, 0.25) is 6.29 Å². The second-order valence-corrected chi connectivity index (χ2v) is 5.64. The molecule has 0 spiro atoms. The molecule has 0 amide bonds. The highest BCUT2D eigenvalue weighted by Crippen LogP contribution is 2.33. The molecule has 118 valence electrons. The molecule has 0 bridgehead atoms. The van der Waals surface area contributed by atoms with Gasteiger partial charge in [0, 0.05) is 18.1 Å². The molecule has 0 aliphatic carbocycles. The molecule has 3 aromatic rings. The SMILES string of the molecule is C=C1C(=O)c2cc(-c3ccc4ccccc4n3)ccc2OC1OC. The number of rotatable bonds is 2. The lowest BCUT2D eigenvalue weighted by atomic mass is 9.97. The second kappa shape index (κ2) is 5.58. The maximum Gasteiger partial charge on any atom is 0.229 e. The number of nitrogens with zero attached hydrogens (tertiary/aromatic N) is 1. The van der Waals surface area contributed by atoms with Crippen LogP contribution in [-0.4, -0.2) is 24.2 Å². The minimum Gasteiger partial charge on any atom is -0.460 e. The fraction of sp³-hybridized carbons (Fsp3) is 0.100. The number of para-hydroxylation sites is 1. The van der Waals surface area contributed by atoms with Crippen molar-refractivity contribution in [3.05, 3.63) is 72.3 Å². The fourth-order valence-corrected chi connectivity index (χ4v) is 2.85. The van der Waals surface area contributed by atoms with E-state index in [1.54, 1.807) is 12.1 Å². The molecule has 1 atom stereocenters. The Bertz CT molecular complexity index is 978. The van der Waals surface area contributed by atoms with Crippen LogP contribution in [0.15, 0.2) is 66.7 Å². The van der Waals surface area contributed by atoms with Crippen LogP contribution in [0.4, 0.5) is 0 Å². The van der Waals surface area contributed by atoms with E-state index < -0.39 is 6.29 Å². The first-order chi connectivity index (χ1) is 11.7. The third-order valence-electron chi connectivity index (χ3n) is 4.14. The Kier molecular flexibility index (Phi) is 3.40. The summed E-state index contributed by atoms with van der Waals surface area (Å²) in [6.07, 6.45) is -0.727. The molecule has 1 aromatic heterocycles. The molecule has 2 aromatic carbocycles. The number of hydrogen-bond acceptors (Lipinski definition) is 4. The number of carbonyl (C=O) groups is 1. The van der Waals surface area contributed by atoms with Crippen molar-refractivity contribution in [3.63, 3.8) is 0 Å². The summed E-state index contributed by atoms with van der Waals surface area (Å²) in [6.45, 7) is 3.77. The standard InChI is InChI=1S/C20H15NO3/c1-12-19(22)15-11-14(8-10-18(15)24-20(12)23-2)17-9-7-13-5-3-4-6-16(13)21-17/h3-11,20H,1H2,2H3. The largest absolute Gasteiger partial charge is 0.460 e. The lowest BCUT2D eigenvalue weighted by Crippen LogP contribution is -2.31. The number of methoxy groups -OCH3 is 1. The molecule has 1 unspecified atom stereocenters. The molecule has 0 saturated heterocycles. The summed E-state index contributed by atoms with van der Waals surface area (Å²) in [5.41, 5.74) is 3.37. The van der Waals surface area contributed by atoms with E-state index in [0.29, 0.717) is 16.9 Å². The molecule has 24 heavy (non-hydrogen) atoms. The molecule has 4 heteroatoms. The monoisotopic (exact) mass is 317 g/mol. The molecule has 0 fully saturated rings. The van der Waals surface area contributed by atoms with E-state index >= 15 is 0 Å². The van der Waals surface area contributed by atoms with Gasteiger partial charge in [-0.15, -0.1) is 0 Å². The molecule has 0 N–H and O–H groups in total. The van der Waals surface area contributed by atoms with Gasteiger partial charge in [0.05, 0.1) is 22.3 Å². The number of benzene rings is 2. The highest BCUT2D eigenvalue weighted by atomic mass is 16.7. The van der Waals surface area contributed by atoms with Crippen LogP contribution in [0.2, 0.25) is 0 Å². The quantitative estimate of drug-likeness (QED) is 0.670. The molecule has 1 aliphatic heterocycles. The first kappa shape index (κ1) is 14.6. The normalized spacial score (nSPS) is 16.8. The number of Topliss-reactive ketones (excluding diaryl/α,β-unsaturated/α-hetero) is 1. The number of ether oxygens (including phenoxy) is 2. The van der Waals surface area contributed by atoms with Crippen LogP contribution in [0.5, 0.6) is 5.75 Å². The van der Waals surface area contributed by atoms with Crippen molar-refractivity contribution in [1.82, 2.24) is 4.98 Å². The van der Waals surface area contributed by atoms with Crippen molar-refractivity contribution in [1.29, 1.82) is 0 Å². The van der Waals surface area contributed by atoms with E-state index in [1.807, 2.05) is 42.5 Å². The van der Waals surface area contributed by atoms with E-state index in [9.17, 15) is 4.79 Å². The van der Waals surface area contributed by atoms with Gasteiger partial charge < -0.3 is 9.47 Å². The zero-order valence-electron chi connectivity index (χ0n) is 13.2. The average Bonchev–Trinajstić information content (AvgIpc) is 2.64. The van der Waals surface area contributed by atoms with E-state index in [-0.39, 0.29) is 5.78 Å². The predicted molar refractivity (Wildman–Crippen MR) is 92.1 cm³/mol. The number of aromatic nitrogens is 1. The van der Waals surface area contributed by atoms with Crippen molar-refractivity contribution in [3.8, 4) is 17.0 Å². The van der Waals surface area contributed by atoms with Gasteiger partial charge >= 0.3 is 0 Å².